The number of anilines is 1. The Morgan fingerprint density at radius 2 is 1.95 bits per heavy atom. The molecule has 0 heterocycles. The van der Waals surface area contributed by atoms with E-state index >= 15 is 0 Å². The maximum atomic E-state index is 14.1. The molecule has 0 amide bonds. The molecule has 0 spiro atoms. The molecule has 1 N–H and O–H groups in total. The minimum atomic E-state index is -1.18. The molecule has 1 aromatic rings. The number of carbonyl (C=O) groups is 1. The van der Waals surface area contributed by atoms with Crippen LogP contribution in [0.1, 0.15) is 19.4 Å². The van der Waals surface area contributed by atoms with Gasteiger partial charge in [0.2, 0.25) is 0 Å². The Bertz CT molecular complexity index is 516. The summed E-state index contributed by atoms with van der Waals surface area (Å²) in [5, 5.41) is 8.51. The first kappa shape index (κ1) is 15.9. The average Bonchev–Trinajstić information content (AvgIpc) is 2.34. The highest BCUT2D eigenvalue weighted by atomic mass is 19.1. The van der Waals surface area contributed by atoms with Crippen molar-refractivity contribution in [1.82, 2.24) is 0 Å². The summed E-state index contributed by atoms with van der Waals surface area (Å²) in [5.74, 6) is -2.64. The second-order valence-electron chi connectivity index (χ2n) is 4.54. The quantitative estimate of drug-likeness (QED) is 0.641. The zero-order valence-corrected chi connectivity index (χ0v) is 11.4. The topological polar surface area (TPSA) is 40.5 Å². The molecule has 0 bridgehead atoms. The molecule has 0 radical (unpaired) electrons. The molecule has 0 saturated heterocycles. The van der Waals surface area contributed by atoms with Crippen molar-refractivity contribution in [2.75, 3.05) is 11.4 Å². The molecule has 5 heteroatoms. The summed E-state index contributed by atoms with van der Waals surface area (Å²) in [6.45, 7) is 7.53. The van der Waals surface area contributed by atoms with Crippen LogP contribution in [0.5, 0.6) is 0 Å². The lowest BCUT2D eigenvalue weighted by molar-refractivity contribution is -0.131. The molecule has 0 aliphatic heterocycles. The molecular weight excluding hydrogens is 264 g/mol. The summed E-state index contributed by atoms with van der Waals surface area (Å²) in [4.78, 5) is 11.9. The van der Waals surface area contributed by atoms with Gasteiger partial charge in [0.1, 0.15) is 17.3 Å². The number of aliphatic carboxylic acids is 1. The summed E-state index contributed by atoms with van der Waals surface area (Å²) in [6, 6.07) is 2.12. The predicted molar refractivity (Wildman–Crippen MR) is 75.7 cm³/mol. The molecule has 0 aliphatic carbocycles. The Labute approximate surface area is 116 Å². The third kappa shape index (κ3) is 3.91. The van der Waals surface area contributed by atoms with Crippen LogP contribution in [-0.4, -0.2) is 23.7 Å². The van der Waals surface area contributed by atoms with Gasteiger partial charge in [-0.2, -0.15) is 0 Å². The maximum Gasteiger partial charge on any atom is 0.328 e. The SMILES string of the molecule is C=CCN(c1c(F)cc(/C=C/C(=O)O)cc1F)C(C)C. The van der Waals surface area contributed by atoms with Gasteiger partial charge in [-0.1, -0.05) is 6.08 Å². The summed E-state index contributed by atoms with van der Waals surface area (Å²) >= 11 is 0. The third-order valence-electron chi connectivity index (χ3n) is 2.69. The van der Waals surface area contributed by atoms with E-state index in [9.17, 15) is 13.6 Å². The minimum absolute atomic E-state index is 0.0996. The number of nitrogens with zero attached hydrogens (tertiary/aromatic N) is 1. The van der Waals surface area contributed by atoms with Gasteiger partial charge in [0.05, 0.1) is 0 Å². The number of carboxylic acid groups (broad SMARTS) is 1. The summed E-state index contributed by atoms with van der Waals surface area (Å²) in [6.07, 6.45) is 3.54. The van der Waals surface area contributed by atoms with Gasteiger partial charge < -0.3 is 10.0 Å². The van der Waals surface area contributed by atoms with Gasteiger partial charge in [-0.3, -0.25) is 0 Å². The van der Waals surface area contributed by atoms with Crippen molar-refractivity contribution in [3.05, 3.63) is 48.1 Å². The van der Waals surface area contributed by atoms with Crippen molar-refractivity contribution in [1.29, 1.82) is 0 Å². The van der Waals surface area contributed by atoms with Crippen LogP contribution in [0, 0.1) is 11.6 Å². The highest BCUT2D eigenvalue weighted by molar-refractivity contribution is 5.85. The van der Waals surface area contributed by atoms with Crippen LogP contribution in [0.2, 0.25) is 0 Å². The number of hydrogen-bond acceptors (Lipinski definition) is 2. The fourth-order valence-electron chi connectivity index (χ4n) is 1.82. The molecule has 0 unspecified atom stereocenters. The molecule has 20 heavy (non-hydrogen) atoms. The van der Waals surface area contributed by atoms with Crippen molar-refractivity contribution < 1.29 is 18.7 Å². The maximum absolute atomic E-state index is 14.1. The van der Waals surface area contributed by atoms with Crippen molar-refractivity contribution in [2.24, 2.45) is 0 Å². The van der Waals surface area contributed by atoms with Crippen LogP contribution in [0.25, 0.3) is 6.08 Å². The van der Waals surface area contributed by atoms with E-state index in [-0.39, 0.29) is 17.3 Å². The van der Waals surface area contributed by atoms with Gasteiger partial charge >= 0.3 is 5.97 Å². The Morgan fingerprint density at radius 1 is 1.40 bits per heavy atom. The van der Waals surface area contributed by atoms with E-state index in [2.05, 4.69) is 6.58 Å². The molecule has 3 nitrogen and oxygen atoms in total. The lowest BCUT2D eigenvalue weighted by Crippen LogP contribution is -2.32. The minimum Gasteiger partial charge on any atom is -0.478 e. The highest BCUT2D eigenvalue weighted by Crippen LogP contribution is 2.27. The number of benzene rings is 1. The Morgan fingerprint density at radius 3 is 2.35 bits per heavy atom. The zero-order chi connectivity index (χ0) is 15.3. The first-order chi connectivity index (χ1) is 9.36. The van der Waals surface area contributed by atoms with Gasteiger partial charge in [-0.25, -0.2) is 13.6 Å². The van der Waals surface area contributed by atoms with Gasteiger partial charge in [0.15, 0.2) is 0 Å². The van der Waals surface area contributed by atoms with Gasteiger partial charge in [-0.15, -0.1) is 6.58 Å². The van der Waals surface area contributed by atoms with E-state index in [0.29, 0.717) is 6.54 Å². The third-order valence-corrected chi connectivity index (χ3v) is 2.69. The summed E-state index contributed by atoms with van der Waals surface area (Å²) in [5.41, 5.74) is 0.0286. The highest BCUT2D eigenvalue weighted by Gasteiger charge is 2.19. The van der Waals surface area contributed by atoms with E-state index in [1.54, 1.807) is 11.0 Å². The lowest BCUT2D eigenvalue weighted by Gasteiger charge is -2.28. The number of rotatable bonds is 6. The van der Waals surface area contributed by atoms with Gasteiger partial charge in [0.25, 0.3) is 0 Å². The van der Waals surface area contributed by atoms with Crippen molar-refractivity contribution in [3.8, 4) is 0 Å². The molecule has 0 saturated carbocycles. The smallest absolute Gasteiger partial charge is 0.328 e. The Balaban J connectivity index is 3.23. The zero-order valence-electron chi connectivity index (χ0n) is 11.4. The normalized spacial score (nSPS) is 11.1. The van der Waals surface area contributed by atoms with E-state index in [1.807, 2.05) is 13.8 Å². The Hall–Kier alpha value is -2.17. The molecular formula is C15H17F2NO2. The van der Waals surface area contributed by atoms with Crippen LogP contribution in [0.4, 0.5) is 14.5 Å². The van der Waals surface area contributed by atoms with Crippen molar-refractivity contribution in [3.63, 3.8) is 0 Å². The number of hydrogen-bond donors (Lipinski definition) is 1. The van der Waals surface area contributed by atoms with Crippen LogP contribution < -0.4 is 4.90 Å². The fourth-order valence-corrected chi connectivity index (χ4v) is 1.82. The summed E-state index contributed by atoms with van der Waals surface area (Å²) in [7, 11) is 0. The lowest BCUT2D eigenvalue weighted by atomic mass is 10.1. The first-order valence-corrected chi connectivity index (χ1v) is 6.14. The van der Waals surface area contributed by atoms with E-state index < -0.39 is 17.6 Å². The van der Waals surface area contributed by atoms with Crippen molar-refractivity contribution in [2.45, 2.75) is 19.9 Å². The largest absolute Gasteiger partial charge is 0.478 e. The Kier molecular flexibility index (Phi) is 5.43. The van der Waals surface area contributed by atoms with E-state index in [4.69, 9.17) is 5.11 Å². The fraction of sp³-hybridized carbons (Fsp3) is 0.267. The van der Waals surface area contributed by atoms with Crippen LogP contribution in [0.15, 0.2) is 30.9 Å². The van der Waals surface area contributed by atoms with E-state index in [0.717, 1.165) is 24.3 Å². The second kappa shape index (κ2) is 6.84. The van der Waals surface area contributed by atoms with Crippen LogP contribution in [0.3, 0.4) is 0 Å². The van der Waals surface area contributed by atoms with Gasteiger partial charge in [-0.05, 0) is 37.6 Å². The average molecular weight is 281 g/mol. The molecule has 1 rings (SSSR count). The van der Waals surface area contributed by atoms with Crippen molar-refractivity contribution >= 4 is 17.7 Å². The molecule has 1 aromatic carbocycles. The second-order valence-corrected chi connectivity index (χ2v) is 4.54. The summed E-state index contributed by atoms with van der Waals surface area (Å²) < 4.78 is 28.1. The first-order valence-electron chi connectivity index (χ1n) is 6.14. The molecule has 0 aliphatic rings. The van der Waals surface area contributed by atoms with Gasteiger partial charge in [0, 0.05) is 18.7 Å². The molecule has 0 aromatic heterocycles. The molecule has 0 fully saturated rings. The predicted octanol–water partition coefficient (Wildman–Crippen LogP) is 3.46. The van der Waals surface area contributed by atoms with Crippen LogP contribution in [-0.2, 0) is 4.79 Å². The monoisotopic (exact) mass is 281 g/mol. The molecule has 0 atom stereocenters. The number of carboxylic acids is 1. The standard InChI is InChI=1S/C15H17F2NO2/c1-4-7-18(10(2)3)15-12(16)8-11(9-13(15)17)5-6-14(19)20/h4-6,8-10H,1,7H2,2-3H3,(H,19,20)/b6-5+. The number of halogens is 2. The van der Waals surface area contributed by atoms with E-state index in [1.165, 1.54) is 0 Å². The van der Waals surface area contributed by atoms with Crippen LogP contribution >= 0.6 is 0 Å². The molecule has 108 valence electrons.